The van der Waals surface area contributed by atoms with Crippen LogP contribution in [-0.4, -0.2) is 15.0 Å². The van der Waals surface area contributed by atoms with E-state index in [1.165, 1.54) is 10.9 Å². The van der Waals surface area contributed by atoms with E-state index in [4.69, 9.17) is 23.2 Å². The number of hydrogen-bond donors (Lipinski definition) is 0. The van der Waals surface area contributed by atoms with Crippen LogP contribution in [0.3, 0.4) is 0 Å². The number of rotatable bonds is 2. The van der Waals surface area contributed by atoms with E-state index in [1.807, 2.05) is 30.3 Å². The average molecular weight is 241 g/mol. The van der Waals surface area contributed by atoms with Crippen molar-refractivity contribution in [3.05, 3.63) is 47.2 Å². The lowest BCUT2D eigenvalue weighted by atomic mass is 10.3. The Morgan fingerprint density at radius 3 is 2.47 bits per heavy atom. The molecule has 0 unspecified atom stereocenters. The number of carbonyl (C=O) groups excluding carboxylic acids is 1. The monoisotopic (exact) mass is 240 g/mol. The zero-order valence-corrected chi connectivity index (χ0v) is 9.03. The summed E-state index contributed by atoms with van der Waals surface area (Å²) in [5.41, 5.74) is 0.994. The quantitative estimate of drug-likeness (QED) is 0.757. The van der Waals surface area contributed by atoms with Crippen molar-refractivity contribution in [3.8, 4) is 5.69 Å². The summed E-state index contributed by atoms with van der Waals surface area (Å²) in [7, 11) is 0. The molecular weight excluding hydrogens is 235 g/mol. The van der Waals surface area contributed by atoms with Crippen LogP contribution in [0.25, 0.3) is 5.69 Å². The molecule has 0 amide bonds. The Labute approximate surface area is 96.2 Å². The van der Waals surface area contributed by atoms with Crippen molar-refractivity contribution in [1.82, 2.24) is 9.78 Å². The number of aromatic nitrogens is 2. The summed E-state index contributed by atoms with van der Waals surface area (Å²) in [6.07, 6.45) is 1.35. The summed E-state index contributed by atoms with van der Waals surface area (Å²) in [5.74, 6) is 0. The first-order valence-corrected chi connectivity index (χ1v) is 4.94. The van der Waals surface area contributed by atoms with E-state index in [1.54, 1.807) is 0 Å². The second-order valence-electron chi connectivity index (χ2n) is 2.87. The fourth-order valence-electron chi connectivity index (χ4n) is 1.21. The molecule has 76 valence electrons. The molecule has 15 heavy (non-hydrogen) atoms. The topological polar surface area (TPSA) is 34.9 Å². The van der Waals surface area contributed by atoms with Gasteiger partial charge in [-0.3, -0.25) is 4.79 Å². The zero-order chi connectivity index (χ0) is 10.8. The highest BCUT2D eigenvalue weighted by molar-refractivity contribution is 6.68. The molecule has 0 aliphatic heterocycles. The zero-order valence-electron chi connectivity index (χ0n) is 7.52. The average Bonchev–Trinajstić information content (AvgIpc) is 2.61. The summed E-state index contributed by atoms with van der Waals surface area (Å²) >= 11 is 11.3. The smallest absolute Gasteiger partial charge is 0.257 e. The van der Waals surface area contributed by atoms with Gasteiger partial charge in [-0.2, -0.15) is 5.10 Å². The molecule has 2 rings (SSSR count). The molecule has 0 spiro atoms. The van der Waals surface area contributed by atoms with Gasteiger partial charge in [-0.25, -0.2) is 4.68 Å². The third-order valence-corrected chi connectivity index (χ3v) is 2.49. The van der Waals surface area contributed by atoms with Crippen molar-refractivity contribution in [3.63, 3.8) is 0 Å². The SMILES string of the molecule is O=C(Cl)c1cnn(-c2ccccc2)c1Cl. The first-order valence-electron chi connectivity index (χ1n) is 4.19. The van der Waals surface area contributed by atoms with E-state index in [0.29, 0.717) is 0 Å². The molecule has 3 nitrogen and oxygen atoms in total. The van der Waals surface area contributed by atoms with E-state index in [2.05, 4.69) is 5.10 Å². The van der Waals surface area contributed by atoms with Gasteiger partial charge in [-0.1, -0.05) is 29.8 Å². The largest absolute Gasteiger partial charge is 0.275 e. The third-order valence-electron chi connectivity index (χ3n) is 1.92. The maximum atomic E-state index is 10.9. The van der Waals surface area contributed by atoms with Crippen LogP contribution in [0.2, 0.25) is 5.15 Å². The number of hydrogen-bond acceptors (Lipinski definition) is 2. The number of nitrogens with zero attached hydrogens (tertiary/aromatic N) is 2. The van der Waals surface area contributed by atoms with Gasteiger partial charge >= 0.3 is 0 Å². The van der Waals surface area contributed by atoms with Crippen molar-refractivity contribution < 1.29 is 4.79 Å². The van der Waals surface area contributed by atoms with Gasteiger partial charge in [-0.05, 0) is 23.7 Å². The number of para-hydroxylation sites is 1. The van der Waals surface area contributed by atoms with Gasteiger partial charge in [0.05, 0.1) is 17.4 Å². The summed E-state index contributed by atoms with van der Waals surface area (Å²) in [6.45, 7) is 0. The van der Waals surface area contributed by atoms with Crippen LogP contribution in [0.4, 0.5) is 0 Å². The van der Waals surface area contributed by atoms with E-state index in [0.717, 1.165) is 5.69 Å². The summed E-state index contributed by atoms with van der Waals surface area (Å²) in [5, 5.41) is 3.60. The van der Waals surface area contributed by atoms with Gasteiger partial charge in [0.2, 0.25) is 0 Å². The maximum absolute atomic E-state index is 10.9. The van der Waals surface area contributed by atoms with Crippen LogP contribution in [-0.2, 0) is 0 Å². The predicted molar refractivity (Wildman–Crippen MR) is 58.8 cm³/mol. The first kappa shape index (κ1) is 10.2. The van der Waals surface area contributed by atoms with E-state index >= 15 is 0 Å². The van der Waals surface area contributed by atoms with Gasteiger partial charge in [0.1, 0.15) is 5.15 Å². The van der Waals surface area contributed by atoms with Gasteiger partial charge in [0, 0.05) is 0 Å². The lowest BCUT2D eigenvalue weighted by Gasteiger charge is -2.01. The van der Waals surface area contributed by atoms with Gasteiger partial charge in [0.25, 0.3) is 5.24 Å². The molecule has 0 fully saturated rings. The van der Waals surface area contributed by atoms with Gasteiger partial charge in [0.15, 0.2) is 0 Å². The molecule has 1 heterocycles. The minimum Gasteiger partial charge on any atom is -0.275 e. The Kier molecular flexibility index (Phi) is 2.75. The fourth-order valence-corrected chi connectivity index (χ4v) is 1.68. The highest BCUT2D eigenvalue weighted by atomic mass is 35.5. The molecule has 0 aliphatic carbocycles. The first-order chi connectivity index (χ1) is 7.20. The van der Waals surface area contributed by atoms with Crippen molar-refractivity contribution in [2.24, 2.45) is 0 Å². The van der Waals surface area contributed by atoms with Crippen LogP contribution in [0, 0.1) is 0 Å². The Hall–Kier alpha value is -1.32. The predicted octanol–water partition coefficient (Wildman–Crippen LogP) is 2.90. The van der Waals surface area contributed by atoms with E-state index in [9.17, 15) is 4.79 Å². The highest BCUT2D eigenvalue weighted by Crippen LogP contribution is 2.21. The lowest BCUT2D eigenvalue weighted by Crippen LogP contribution is -1.96. The Morgan fingerprint density at radius 2 is 1.93 bits per heavy atom. The summed E-state index contributed by atoms with van der Waals surface area (Å²) in [6, 6.07) is 9.27. The maximum Gasteiger partial charge on any atom is 0.257 e. The molecule has 5 heteroatoms. The molecule has 0 saturated heterocycles. The fraction of sp³-hybridized carbons (Fsp3) is 0. The molecule has 0 saturated carbocycles. The molecule has 1 aromatic heterocycles. The molecule has 2 aromatic rings. The third kappa shape index (κ3) is 1.89. The lowest BCUT2D eigenvalue weighted by molar-refractivity contribution is 0.108. The highest BCUT2D eigenvalue weighted by Gasteiger charge is 2.14. The molecule has 0 N–H and O–H groups in total. The summed E-state index contributed by atoms with van der Waals surface area (Å²) < 4.78 is 1.46. The standard InChI is InChI=1S/C10H6Cl2N2O/c11-9-8(10(12)15)6-13-14(9)7-4-2-1-3-5-7/h1-6H. The second-order valence-corrected chi connectivity index (χ2v) is 3.57. The number of benzene rings is 1. The van der Waals surface area contributed by atoms with Crippen molar-refractivity contribution in [2.75, 3.05) is 0 Å². The minimum absolute atomic E-state index is 0.210. The van der Waals surface area contributed by atoms with Crippen molar-refractivity contribution in [2.45, 2.75) is 0 Å². The summed E-state index contributed by atoms with van der Waals surface area (Å²) in [4.78, 5) is 10.9. The van der Waals surface area contributed by atoms with E-state index in [-0.39, 0.29) is 10.7 Å². The van der Waals surface area contributed by atoms with E-state index < -0.39 is 5.24 Å². The van der Waals surface area contributed by atoms with Crippen LogP contribution in [0.1, 0.15) is 10.4 Å². The molecule has 0 atom stereocenters. The molecular formula is C10H6Cl2N2O. The van der Waals surface area contributed by atoms with Crippen molar-refractivity contribution >= 4 is 28.4 Å². The Balaban J connectivity index is 2.52. The van der Waals surface area contributed by atoms with Crippen LogP contribution < -0.4 is 0 Å². The molecule has 0 aliphatic rings. The van der Waals surface area contributed by atoms with Crippen LogP contribution >= 0.6 is 23.2 Å². The van der Waals surface area contributed by atoms with Crippen molar-refractivity contribution in [1.29, 1.82) is 0 Å². The minimum atomic E-state index is -0.609. The second kappa shape index (κ2) is 4.04. The van der Waals surface area contributed by atoms with Gasteiger partial charge in [-0.15, -0.1) is 0 Å². The number of carbonyl (C=O) groups is 1. The molecule has 0 bridgehead atoms. The molecule has 1 aromatic carbocycles. The Morgan fingerprint density at radius 1 is 1.27 bits per heavy atom. The Bertz CT molecular complexity index is 493. The molecule has 0 radical (unpaired) electrons. The van der Waals surface area contributed by atoms with Crippen LogP contribution in [0.5, 0.6) is 0 Å². The number of halogens is 2. The van der Waals surface area contributed by atoms with Crippen LogP contribution in [0.15, 0.2) is 36.5 Å². The van der Waals surface area contributed by atoms with Gasteiger partial charge < -0.3 is 0 Å². The normalized spacial score (nSPS) is 10.3.